The van der Waals surface area contributed by atoms with E-state index in [1.54, 1.807) is 18.2 Å². The van der Waals surface area contributed by atoms with E-state index in [1.807, 2.05) is 0 Å². The number of nitrogens with two attached hydrogens (primary N) is 1. The Bertz CT molecular complexity index is 888. The highest BCUT2D eigenvalue weighted by Crippen LogP contribution is 2.15. The van der Waals surface area contributed by atoms with Crippen molar-refractivity contribution >= 4 is 17.7 Å². The third-order valence-corrected chi connectivity index (χ3v) is 4.23. The second kappa shape index (κ2) is 9.33. The lowest BCUT2D eigenvalue weighted by molar-refractivity contribution is -0.152. The fourth-order valence-electron chi connectivity index (χ4n) is 2.87. The number of carbonyl (C=O) groups is 3. The second-order valence-corrected chi connectivity index (χ2v) is 6.57. The molecule has 2 aromatic rings. The Balaban J connectivity index is 2.13. The number of halogens is 2. The van der Waals surface area contributed by atoms with Crippen LogP contribution in [0.1, 0.15) is 18.2 Å². The van der Waals surface area contributed by atoms with Crippen LogP contribution in [0.25, 0.3) is 0 Å². The summed E-state index contributed by atoms with van der Waals surface area (Å²) in [4.78, 5) is 41.4. The van der Waals surface area contributed by atoms with Crippen LogP contribution >= 0.6 is 0 Å². The molecule has 0 radical (unpaired) electrons. The third-order valence-electron chi connectivity index (χ3n) is 4.23. The minimum atomic E-state index is -2.07. The number of amides is 1. The minimum Gasteiger partial charge on any atom is -0.467 e. The van der Waals surface area contributed by atoms with Crippen LogP contribution in [-0.2, 0) is 32.0 Å². The van der Waals surface area contributed by atoms with Crippen molar-refractivity contribution < 1.29 is 27.9 Å². The Morgan fingerprint density at radius 3 is 2.41 bits per heavy atom. The van der Waals surface area contributed by atoms with E-state index in [0.717, 1.165) is 19.2 Å². The van der Waals surface area contributed by atoms with Crippen molar-refractivity contribution in [2.75, 3.05) is 7.11 Å². The number of benzene rings is 1. The lowest BCUT2D eigenvalue weighted by Gasteiger charge is -2.28. The number of carbonyl (C=O) groups excluding carboxylic acids is 3. The molecule has 1 heterocycles. The second-order valence-electron chi connectivity index (χ2n) is 6.57. The van der Waals surface area contributed by atoms with Crippen LogP contribution in [0.4, 0.5) is 8.78 Å². The van der Waals surface area contributed by atoms with E-state index in [1.165, 1.54) is 13.1 Å². The highest BCUT2D eigenvalue weighted by molar-refractivity contribution is 6.11. The monoisotopic (exact) mass is 405 g/mol. The molecule has 154 valence electrons. The molecular formula is C20H21F2N3O4. The molecule has 1 amide bonds. The number of methoxy groups -OCH3 is 1. The number of aromatic nitrogens is 1. The summed E-state index contributed by atoms with van der Waals surface area (Å²) in [6, 6.07) is 6.49. The molecule has 0 aliphatic heterocycles. The van der Waals surface area contributed by atoms with Crippen molar-refractivity contribution in [3.8, 4) is 0 Å². The van der Waals surface area contributed by atoms with Crippen LogP contribution in [-0.4, -0.2) is 41.3 Å². The molecule has 29 heavy (non-hydrogen) atoms. The number of ether oxygens (including phenoxy) is 1. The average Bonchev–Trinajstić information content (AvgIpc) is 2.66. The number of rotatable bonds is 8. The molecule has 2 rings (SSSR count). The van der Waals surface area contributed by atoms with Crippen LogP contribution in [0.5, 0.6) is 0 Å². The Morgan fingerprint density at radius 1 is 1.21 bits per heavy atom. The van der Waals surface area contributed by atoms with Crippen molar-refractivity contribution in [3.63, 3.8) is 0 Å². The van der Waals surface area contributed by atoms with Crippen LogP contribution < -0.4 is 11.1 Å². The van der Waals surface area contributed by atoms with Crippen LogP contribution in [0.2, 0.25) is 0 Å². The Kier molecular flexibility index (Phi) is 7.11. The highest BCUT2D eigenvalue weighted by atomic mass is 19.1. The maximum atomic E-state index is 13.3. The molecule has 0 spiro atoms. The van der Waals surface area contributed by atoms with Crippen molar-refractivity contribution in [1.82, 2.24) is 10.3 Å². The molecule has 0 saturated carbocycles. The molecule has 0 fully saturated rings. The van der Waals surface area contributed by atoms with E-state index >= 15 is 0 Å². The van der Waals surface area contributed by atoms with Crippen molar-refractivity contribution in [2.45, 2.75) is 31.3 Å². The molecule has 0 aliphatic carbocycles. The maximum absolute atomic E-state index is 13.3. The molecule has 0 saturated heterocycles. The molecule has 7 nitrogen and oxygen atoms in total. The van der Waals surface area contributed by atoms with E-state index in [4.69, 9.17) is 5.73 Å². The summed E-state index contributed by atoms with van der Waals surface area (Å²) in [6.45, 7) is 1.36. The lowest BCUT2D eigenvalue weighted by Crippen LogP contribution is -2.62. The number of hydrogen-bond acceptors (Lipinski definition) is 6. The van der Waals surface area contributed by atoms with Crippen LogP contribution in [0, 0.1) is 11.6 Å². The average molecular weight is 405 g/mol. The van der Waals surface area contributed by atoms with E-state index in [-0.39, 0.29) is 18.4 Å². The third kappa shape index (κ3) is 5.64. The zero-order valence-corrected chi connectivity index (χ0v) is 15.9. The van der Waals surface area contributed by atoms with Gasteiger partial charge in [-0.15, -0.1) is 0 Å². The van der Waals surface area contributed by atoms with E-state index in [0.29, 0.717) is 11.8 Å². The summed E-state index contributed by atoms with van der Waals surface area (Å²) in [5.74, 6) is -4.06. The zero-order chi connectivity index (χ0) is 21.6. The van der Waals surface area contributed by atoms with Gasteiger partial charge >= 0.3 is 5.97 Å². The molecule has 9 heteroatoms. The summed E-state index contributed by atoms with van der Waals surface area (Å²) < 4.78 is 31.2. The maximum Gasteiger partial charge on any atom is 0.334 e. The van der Waals surface area contributed by atoms with Gasteiger partial charge in [0.25, 0.3) is 0 Å². The van der Waals surface area contributed by atoms with Gasteiger partial charge in [-0.1, -0.05) is 6.07 Å². The first kappa shape index (κ1) is 22.1. The number of Topliss-reactive ketones (excluding diaryl/α,β-unsaturated/α-hetero) is 1. The van der Waals surface area contributed by atoms with Gasteiger partial charge in [-0.25, -0.2) is 13.6 Å². The van der Waals surface area contributed by atoms with Gasteiger partial charge in [-0.05, 0) is 36.8 Å². The summed E-state index contributed by atoms with van der Waals surface area (Å²) in [5.41, 5.74) is 4.50. The number of nitrogens with zero attached hydrogens (tertiary/aromatic N) is 1. The fourth-order valence-corrected chi connectivity index (χ4v) is 2.87. The quantitative estimate of drug-likeness (QED) is 0.502. The zero-order valence-electron chi connectivity index (χ0n) is 15.9. The first-order valence-electron chi connectivity index (χ1n) is 8.71. The molecule has 0 unspecified atom stereocenters. The molecule has 2 atom stereocenters. The molecule has 1 aromatic heterocycles. The molecule has 3 N–H and O–H groups in total. The van der Waals surface area contributed by atoms with Gasteiger partial charge in [-0.2, -0.15) is 0 Å². The Labute approximate surface area is 166 Å². The number of nitrogens with one attached hydrogen (secondary N) is 1. The largest absolute Gasteiger partial charge is 0.467 e. The van der Waals surface area contributed by atoms with Gasteiger partial charge in [0.05, 0.1) is 19.6 Å². The Morgan fingerprint density at radius 2 is 1.86 bits per heavy atom. The molecule has 1 aromatic carbocycles. The fraction of sp³-hybridized carbons (Fsp3) is 0.300. The normalized spacial score (nSPS) is 13.8. The molecule has 0 aliphatic rings. The van der Waals surface area contributed by atoms with E-state index in [2.05, 4.69) is 15.0 Å². The van der Waals surface area contributed by atoms with Gasteiger partial charge in [0.1, 0.15) is 11.6 Å². The summed E-state index contributed by atoms with van der Waals surface area (Å²) in [7, 11) is 1.09. The van der Waals surface area contributed by atoms with E-state index in [9.17, 15) is 23.2 Å². The molecular weight excluding hydrogens is 384 g/mol. The highest BCUT2D eigenvalue weighted by Gasteiger charge is 2.46. The number of esters is 1. The number of ketones is 1. The Hall–Kier alpha value is -3.20. The van der Waals surface area contributed by atoms with Crippen molar-refractivity contribution in [2.24, 2.45) is 5.73 Å². The minimum absolute atomic E-state index is 0.0973. The standard InChI is InChI=1S/C20H21F2N3O4/c1-12(25-17(26)9-13-7-14(21)10-15(22)8-13)18(27)20(23,19(28)29-2)11-16-5-3-4-6-24-16/h3-8,10,12H,9,11,23H2,1-2H3,(H,25,26)/t12-,20-/m0/s1. The summed E-state index contributed by atoms with van der Waals surface area (Å²) in [6.07, 6.45) is 0.901. The van der Waals surface area contributed by atoms with Gasteiger partial charge in [-0.3, -0.25) is 14.6 Å². The first-order chi connectivity index (χ1) is 13.7. The van der Waals surface area contributed by atoms with Gasteiger partial charge in [0, 0.05) is 24.4 Å². The lowest BCUT2D eigenvalue weighted by atomic mass is 9.86. The number of pyridine rings is 1. The van der Waals surface area contributed by atoms with E-state index < -0.39 is 40.9 Å². The first-order valence-corrected chi connectivity index (χ1v) is 8.71. The van der Waals surface area contributed by atoms with Crippen LogP contribution in [0.15, 0.2) is 42.6 Å². The SMILES string of the molecule is COC(=O)[C@](N)(Cc1ccccn1)C(=O)[C@H](C)NC(=O)Cc1cc(F)cc(F)c1. The number of hydrogen-bond donors (Lipinski definition) is 2. The van der Waals surface area contributed by atoms with Gasteiger partial charge in [0.15, 0.2) is 11.3 Å². The van der Waals surface area contributed by atoms with Crippen molar-refractivity contribution in [1.29, 1.82) is 0 Å². The summed E-state index contributed by atoms with van der Waals surface area (Å²) in [5, 5.41) is 2.40. The topological polar surface area (TPSA) is 111 Å². The summed E-state index contributed by atoms with van der Waals surface area (Å²) >= 11 is 0. The van der Waals surface area contributed by atoms with Gasteiger partial charge < -0.3 is 15.8 Å². The smallest absolute Gasteiger partial charge is 0.334 e. The predicted molar refractivity (Wildman–Crippen MR) is 99.5 cm³/mol. The van der Waals surface area contributed by atoms with Gasteiger partial charge in [0.2, 0.25) is 5.91 Å². The molecule has 0 bridgehead atoms. The predicted octanol–water partition coefficient (Wildman–Crippen LogP) is 1.09. The van der Waals surface area contributed by atoms with Crippen LogP contribution in [0.3, 0.4) is 0 Å². The van der Waals surface area contributed by atoms with Crippen molar-refractivity contribution in [3.05, 3.63) is 65.5 Å².